The van der Waals surface area contributed by atoms with Crippen LogP contribution in [0.25, 0.3) is 10.9 Å². The number of nitrogens with zero attached hydrogens (tertiary/aromatic N) is 3. The second kappa shape index (κ2) is 6.10. The lowest BCUT2D eigenvalue weighted by molar-refractivity contribution is -0.0350. The molecule has 0 spiro atoms. The largest absolute Gasteiger partial charge is 0.369 e. The SMILES string of the molecule is Cc1cnc(C2CN(Cc3cccc4[nH]ccc34)CCO2)cn1. The Bertz CT molecular complexity index is 796. The highest BCUT2D eigenvalue weighted by atomic mass is 16.5. The van der Waals surface area contributed by atoms with Crippen LogP contribution in [0.3, 0.4) is 0 Å². The van der Waals surface area contributed by atoms with Gasteiger partial charge in [-0.3, -0.25) is 14.9 Å². The van der Waals surface area contributed by atoms with Crippen molar-refractivity contribution in [2.75, 3.05) is 19.7 Å². The topological polar surface area (TPSA) is 54.0 Å². The van der Waals surface area contributed by atoms with Gasteiger partial charge in [0.1, 0.15) is 6.10 Å². The Morgan fingerprint density at radius 1 is 1.26 bits per heavy atom. The van der Waals surface area contributed by atoms with E-state index in [4.69, 9.17) is 4.74 Å². The Morgan fingerprint density at radius 3 is 3.09 bits per heavy atom. The number of aromatic amines is 1. The van der Waals surface area contributed by atoms with Crippen molar-refractivity contribution < 1.29 is 4.74 Å². The lowest BCUT2D eigenvalue weighted by Crippen LogP contribution is -2.38. The van der Waals surface area contributed by atoms with Gasteiger partial charge in [0.05, 0.1) is 24.2 Å². The molecule has 0 saturated carbocycles. The molecule has 3 aromatic rings. The fourth-order valence-electron chi connectivity index (χ4n) is 3.12. The summed E-state index contributed by atoms with van der Waals surface area (Å²) in [6, 6.07) is 8.57. The van der Waals surface area contributed by atoms with Crippen molar-refractivity contribution in [3.05, 3.63) is 59.8 Å². The van der Waals surface area contributed by atoms with Crippen molar-refractivity contribution in [3.63, 3.8) is 0 Å². The van der Waals surface area contributed by atoms with Gasteiger partial charge in [0.15, 0.2) is 0 Å². The lowest BCUT2D eigenvalue weighted by atomic mass is 10.1. The minimum Gasteiger partial charge on any atom is -0.369 e. The average molecular weight is 308 g/mol. The van der Waals surface area contributed by atoms with Gasteiger partial charge in [0.2, 0.25) is 0 Å². The second-order valence-corrected chi connectivity index (χ2v) is 6.03. The summed E-state index contributed by atoms with van der Waals surface area (Å²) in [5, 5.41) is 1.30. The number of ether oxygens (including phenoxy) is 1. The lowest BCUT2D eigenvalue weighted by Gasteiger charge is -2.32. The summed E-state index contributed by atoms with van der Waals surface area (Å²) in [6.45, 7) is 5.38. The molecule has 1 unspecified atom stereocenters. The van der Waals surface area contributed by atoms with Gasteiger partial charge in [-0.1, -0.05) is 12.1 Å². The number of morpholine rings is 1. The summed E-state index contributed by atoms with van der Waals surface area (Å²) in [6.07, 6.45) is 5.63. The Morgan fingerprint density at radius 2 is 2.22 bits per heavy atom. The van der Waals surface area contributed by atoms with E-state index in [0.29, 0.717) is 0 Å². The summed E-state index contributed by atoms with van der Waals surface area (Å²) in [5.74, 6) is 0. The molecule has 2 aromatic heterocycles. The Kier molecular flexibility index (Phi) is 3.81. The zero-order chi connectivity index (χ0) is 15.6. The number of aryl methyl sites for hydroxylation is 1. The van der Waals surface area contributed by atoms with E-state index < -0.39 is 0 Å². The van der Waals surface area contributed by atoms with Crippen LogP contribution in [-0.4, -0.2) is 39.5 Å². The van der Waals surface area contributed by atoms with E-state index in [9.17, 15) is 0 Å². The summed E-state index contributed by atoms with van der Waals surface area (Å²) >= 11 is 0. The van der Waals surface area contributed by atoms with Crippen LogP contribution in [0.2, 0.25) is 0 Å². The van der Waals surface area contributed by atoms with Crippen LogP contribution in [0.5, 0.6) is 0 Å². The number of fused-ring (bicyclic) bond motifs is 1. The molecule has 1 saturated heterocycles. The summed E-state index contributed by atoms with van der Waals surface area (Å²) in [7, 11) is 0. The van der Waals surface area contributed by atoms with Crippen LogP contribution in [0.1, 0.15) is 23.1 Å². The van der Waals surface area contributed by atoms with Crippen molar-refractivity contribution in [1.82, 2.24) is 19.9 Å². The number of hydrogen-bond donors (Lipinski definition) is 1. The molecule has 3 heterocycles. The van der Waals surface area contributed by atoms with Crippen LogP contribution >= 0.6 is 0 Å². The molecule has 5 nitrogen and oxygen atoms in total. The molecule has 1 N–H and O–H groups in total. The highest BCUT2D eigenvalue weighted by molar-refractivity contribution is 5.82. The third kappa shape index (κ3) is 2.98. The first-order valence-electron chi connectivity index (χ1n) is 7.97. The molecule has 1 aliphatic heterocycles. The number of rotatable bonds is 3. The fourth-order valence-corrected chi connectivity index (χ4v) is 3.12. The first-order valence-corrected chi connectivity index (χ1v) is 7.97. The number of H-pyrrole nitrogens is 1. The quantitative estimate of drug-likeness (QED) is 0.808. The molecule has 1 atom stereocenters. The summed E-state index contributed by atoms with van der Waals surface area (Å²) in [4.78, 5) is 14.5. The van der Waals surface area contributed by atoms with E-state index in [1.165, 1.54) is 16.5 Å². The summed E-state index contributed by atoms with van der Waals surface area (Å²) < 4.78 is 5.89. The van der Waals surface area contributed by atoms with Gasteiger partial charge in [-0.25, -0.2) is 0 Å². The van der Waals surface area contributed by atoms with Crippen LogP contribution < -0.4 is 0 Å². The highest BCUT2D eigenvalue weighted by Gasteiger charge is 2.23. The standard InChI is InChI=1S/C18H20N4O/c1-13-9-21-17(10-20-13)18-12-22(7-8-23-18)11-14-3-2-4-16-15(14)5-6-19-16/h2-6,9-10,18-19H,7-8,11-12H2,1H3. The van der Waals surface area contributed by atoms with Crippen molar-refractivity contribution >= 4 is 10.9 Å². The van der Waals surface area contributed by atoms with Crippen molar-refractivity contribution in [2.45, 2.75) is 19.6 Å². The molecule has 4 rings (SSSR count). The fraction of sp³-hybridized carbons (Fsp3) is 0.333. The van der Waals surface area contributed by atoms with E-state index in [-0.39, 0.29) is 6.10 Å². The molecule has 0 radical (unpaired) electrons. The predicted octanol–water partition coefficient (Wildman–Crippen LogP) is 2.84. The molecule has 1 fully saturated rings. The molecule has 0 aliphatic carbocycles. The van der Waals surface area contributed by atoms with Crippen LogP contribution in [0, 0.1) is 6.92 Å². The van der Waals surface area contributed by atoms with E-state index in [1.807, 2.05) is 19.3 Å². The van der Waals surface area contributed by atoms with Gasteiger partial charge >= 0.3 is 0 Å². The summed E-state index contributed by atoms with van der Waals surface area (Å²) in [5.41, 5.74) is 4.39. The van der Waals surface area contributed by atoms with Gasteiger partial charge in [-0.15, -0.1) is 0 Å². The molecule has 23 heavy (non-hydrogen) atoms. The smallest absolute Gasteiger partial charge is 0.114 e. The monoisotopic (exact) mass is 308 g/mol. The maximum atomic E-state index is 5.89. The number of nitrogens with one attached hydrogen (secondary N) is 1. The van der Waals surface area contributed by atoms with Crippen molar-refractivity contribution in [2.24, 2.45) is 0 Å². The normalized spacial score (nSPS) is 19.3. The minimum absolute atomic E-state index is 0.00211. The van der Waals surface area contributed by atoms with E-state index in [2.05, 4.69) is 44.1 Å². The van der Waals surface area contributed by atoms with Gasteiger partial charge in [0.25, 0.3) is 0 Å². The van der Waals surface area contributed by atoms with Gasteiger partial charge in [0, 0.05) is 42.9 Å². The zero-order valence-corrected chi connectivity index (χ0v) is 13.2. The minimum atomic E-state index is 0.00211. The molecule has 0 amide bonds. The first kappa shape index (κ1) is 14.4. The second-order valence-electron chi connectivity index (χ2n) is 6.03. The first-order chi connectivity index (χ1) is 11.3. The number of hydrogen-bond acceptors (Lipinski definition) is 4. The van der Waals surface area contributed by atoms with Gasteiger partial charge < -0.3 is 9.72 Å². The molecule has 0 bridgehead atoms. The Balaban J connectivity index is 1.51. The third-order valence-electron chi connectivity index (χ3n) is 4.36. The molecule has 5 heteroatoms. The van der Waals surface area contributed by atoms with E-state index >= 15 is 0 Å². The molecule has 1 aromatic carbocycles. The molecule has 118 valence electrons. The molecular formula is C18H20N4O. The maximum absolute atomic E-state index is 5.89. The van der Waals surface area contributed by atoms with Crippen molar-refractivity contribution in [1.29, 1.82) is 0 Å². The van der Waals surface area contributed by atoms with Gasteiger partial charge in [-0.2, -0.15) is 0 Å². The predicted molar refractivity (Wildman–Crippen MR) is 89.0 cm³/mol. The Hall–Kier alpha value is -2.24. The number of benzene rings is 1. The third-order valence-corrected chi connectivity index (χ3v) is 4.36. The molecular weight excluding hydrogens is 288 g/mol. The van der Waals surface area contributed by atoms with Crippen LogP contribution in [-0.2, 0) is 11.3 Å². The van der Waals surface area contributed by atoms with E-state index in [0.717, 1.165) is 37.6 Å². The van der Waals surface area contributed by atoms with Crippen LogP contribution in [0.15, 0.2) is 42.9 Å². The molecule has 1 aliphatic rings. The van der Waals surface area contributed by atoms with Crippen molar-refractivity contribution in [3.8, 4) is 0 Å². The highest BCUT2D eigenvalue weighted by Crippen LogP contribution is 2.24. The average Bonchev–Trinajstić information content (AvgIpc) is 3.06. The maximum Gasteiger partial charge on any atom is 0.114 e. The zero-order valence-electron chi connectivity index (χ0n) is 13.2. The van der Waals surface area contributed by atoms with Gasteiger partial charge in [-0.05, 0) is 24.6 Å². The Labute approximate surface area is 135 Å². The number of aromatic nitrogens is 3. The van der Waals surface area contributed by atoms with E-state index in [1.54, 1.807) is 6.20 Å². The van der Waals surface area contributed by atoms with Crippen LogP contribution in [0.4, 0.5) is 0 Å².